The number of rotatable bonds is 5. The van der Waals surface area contributed by atoms with E-state index >= 15 is 0 Å². The first-order chi connectivity index (χ1) is 30.8. The molecule has 0 aliphatic heterocycles. The van der Waals surface area contributed by atoms with Crippen molar-refractivity contribution in [1.29, 1.82) is 0 Å². The van der Waals surface area contributed by atoms with E-state index in [0.717, 1.165) is 22.1 Å². The Morgan fingerprint density at radius 2 is 0.806 bits per heavy atom. The highest BCUT2D eigenvalue weighted by Gasteiger charge is 2.46. The van der Waals surface area contributed by atoms with Gasteiger partial charge < -0.3 is 4.42 Å². The second-order valence-corrected chi connectivity index (χ2v) is 16.7. The van der Waals surface area contributed by atoms with Gasteiger partial charge in [-0.05, 0) is 123 Å². The smallest absolute Gasteiger partial charge is 0.136 e. The van der Waals surface area contributed by atoms with Gasteiger partial charge in [0.15, 0.2) is 0 Å². The van der Waals surface area contributed by atoms with E-state index in [9.17, 15) is 0 Å². The number of hydrogen-bond donors (Lipinski definition) is 0. The van der Waals surface area contributed by atoms with Gasteiger partial charge in [0.1, 0.15) is 11.2 Å². The molecule has 0 bridgehead atoms. The lowest BCUT2D eigenvalue weighted by atomic mass is 9.67. The van der Waals surface area contributed by atoms with Gasteiger partial charge in [-0.25, -0.2) is 0 Å². The molecule has 1 heteroatoms. The number of furan rings is 1. The maximum atomic E-state index is 6.52. The predicted molar refractivity (Wildman–Crippen MR) is 260 cm³/mol. The van der Waals surface area contributed by atoms with E-state index < -0.39 is 5.41 Å². The molecule has 12 aromatic rings. The van der Waals surface area contributed by atoms with Crippen molar-refractivity contribution < 1.29 is 4.42 Å². The van der Waals surface area contributed by atoms with Gasteiger partial charge in [-0.3, -0.25) is 0 Å². The molecule has 1 heterocycles. The highest BCUT2D eigenvalue weighted by Crippen LogP contribution is 2.57. The van der Waals surface area contributed by atoms with Crippen LogP contribution < -0.4 is 0 Å². The van der Waals surface area contributed by atoms with Crippen molar-refractivity contribution in [2.75, 3.05) is 0 Å². The van der Waals surface area contributed by atoms with Gasteiger partial charge in [0, 0.05) is 10.8 Å². The third-order valence-corrected chi connectivity index (χ3v) is 13.5. The van der Waals surface area contributed by atoms with E-state index in [2.05, 4.69) is 231 Å². The largest absolute Gasteiger partial charge is 0.456 e. The van der Waals surface area contributed by atoms with Gasteiger partial charge in [0.2, 0.25) is 0 Å². The molecule has 0 saturated heterocycles. The summed E-state index contributed by atoms with van der Waals surface area (Å²) in [6.45, 7) is 0. The van der Waals surface area contributed by atoms with Crippen molar-refractivity contribution in [1.82, 2.24) is 0 Å². The molecule has 0 unspecified atom stereocenters. The molecule has 1 nitrogen and oxygen atoms in total. The van der Waals surface area contributed by atoms with Crippen LogP contribution in [0.3, 0.4) is 0 Å². The van der Waals surface area contributed by atoms with Crippen LogP contribution >= 0.6 is 0 Å². The Balaban J connectivity index is 1.05. The van der Waals surface area contributed by atoms with Crippen LogP contribution in [-0.4, -0.2) is 0 Å². The molecule has 1 aliphatic rings. The highest BCUT2D eigenvalue weighted by molar-refractivity contribution is 6.24. The average molecular weight is 787 g/mol. The standard InChI is InChI=1S/C61H38O/c1-3-20-43(21-4-1)61(44-22-5-2-6-23-44)53-31-14-13-25-47(53)48-35-33-42(38-54(48)61)58-51-28-11-9-26-49(51)57(50-27-10-12-29-52(50)58)41-19-15-18-40(37-41)46-30-16-32-55-60(46)59-45-24-8-7-17-39(45)34-36-56(59)62-55/h1-38H. The fraction of sp³-hybridized carbons (Fsp3) is 0.0164. The lowest BCUT2D eigenvalue weighted by molar-refractivity contribution is 0.669. The quantitative estimate of drug-likeness (QED) is 0.158. The minimum absolute atomic E-state index is 0.480. The Bertz CT molecular complexity index is 3650. The first kappa shape index (κ1) is 34.8. The topological polar surface area (TPSA) is 13.1 Å². The van der Waals surface area contributed by atoms with Crippen molar-refractivity contribution >= 4 is 54.3 Å². The normalized spacial score (nSPS) is 13.0. The minimum atomic E-state index is -0.480. The van der Waals surface area contributed by atoms with Crippen molar-refractivity contribution in [2.45, 2.75) is 5.41 Å². The Morgan fingerprint density at radius 1 is 0.290 bits per heavy atom. The molecule has 1 aromatic heterocycles. The van der Waals surface area contributed by atoms with E-state index in [1.807, 2.05) is 0 Å². The van der Waals surface area contributed by atoms with Crippen molar-refractivity contribution in [3.63, 3.8) is 0 Å². The highest BCUT2D eigenvalue weighted by atomic mass is 16.3. The summed E-state index contributed by atoms with van der Waals surface area (Å²) in [6.07, 6.45) is 0. The Hall–Kier alpha value is -8.00. The van der Waals surface area contributed by atoms with E-state index in [0.29, 0.717) is 0 Å². The van der Waals surface area contributed by atoms with Gasteiger partial charge in [0.05, 0.1) is 5.41 Å². The summed E-state index contributed by atoms with van der Waals surface area (Å²) in [5, 5.41) is 9.68. The molecule has 1 aliphatic carbocycles. The lowest BCUT2D eigenvalue weighted by Crippen LogP contribution is -2.28. The van der Waals surface area contributed by atoms with Crippen LogP contribution in [0.2, 0.25) is 0 Å². The molecule has 0 spiro atoms. The zero-order chi connectivity index (χ0) is 40.8. The molecular formula is C61H38O. The number of benzene rings is 11. The van der Waals surface area contributed by atoms with E-state index in [4.69, 9.17) is 4.42 Å². The summed E-state index contributed by atoms with van der Waals surface area (Å²) in [6, 6.07) is 84.9. The first-order valence-electron chi connectivity index (χ1n) is 21.5. The van der Waals surface area contributed by atoms with E-state index in [1.165, 1.54) is 98.9 Å². The van der Waals surface area contributed by atoms with E-state index in [-0.39, 0.29) is 0 Å². The summed E-state index contributed by atoms with van der Waals surface area (Å²) in [5.41, 5.74) is 16.3. The molecule has 0 N–H and O–H groups in total. The van der Waals surface area contributed by atoms with Crippen molar-refractivity contribution in [2.24, 2.45) is 0 Å². The molecule has 0 saturated carbocycles. The molecular weight excluding hydrogens is 749 g/mol. The molecule has 0 radical (unpaired) electrons. The molecule has 62 heavy (non-hydrogen) atoms. The van der Waals surface area contributed by atoms with Gasteiger partial charge in [-0.15, -0.1) is 0 Å². The van der Waals surface area contributed by atoms with Gasteiger partial charge in [-0.1, -0.05) is 206 Å². The maximum Gasteiger partial charge on any atom is 0.136 e. The van der Waals surface area contributed by atoms with Gasteiger partial charge >= 0.3 is 0 Å². The molecule has 0 atom stereocenters. The van der Waals surface area contributed by atoms with Crippen molar-refractivity contribution in [3.05, 3.63) is 253 Å². The average Bonchev–Trinajstić information content (AvgIpc) is 3.88. The molecule has 11 aromatic carbocycles. The molecule has 0 fully saturated rings. The third-order valence-electron chi connectivity index (χ3n) is 13.5. The Labute approximate surface area is 359 Å². The van der Waals surface area contributed by atoms with Crippen LogP contribution in [0.15, 0.2) is 235 Å². The first-order valence-corrected chi connectivity index (χ1v) is 21.5. The monoisotopic (exact) mass is 786 g/mol. The van der Waals surface area contributed by atoms with Crippen LogP contribution in [0.5, 0.6) is 0 Å². The minimum Gasteiger partial charge on any atom is -0.456 e. The maximum absolute atomic E-state index is 6.52. The summed E-state index contributed by atoms with van der Waals surface area (Å²) < 4.78 is 6.52. The zero-order valence-corrected chi connectivity index (χ0v) is 33.8. The number of hydrogen-bond acceptors (Lipinski definition) is 1. The Morgan fingerprint density at radius 3 is 1.50 bits per heavy atom. The number of fused-ring (bicyclic) bond motifs is 10. The predicted octanol–water partition coefficient (Wildman–Crippen LogP) is 16.4. The Kier molecular flexibility index (Phi) is 7.59. The summed E-state index contributed by atoms with van der Waals surface area (Å²) >= 11 is 0. The fourth-order valence-corrected chi connectivity index (χ4v) is 11.0. The van der Waals surface area contributed by atoms with Crippen molar-refractivity contribution in [3.8, 4) is 44.5 Å². The van der Waals surface area contributed by atoms with Gasteiger partial charge in [-0.2, -0.15) is 0 Å². The fourth-order valence-electron chi connectivity index (χ4n) is 11.0. The molecule has 0 amide bonds. The second-order valence-electron chi connectivity index (χ2n) is 16.7. The third kappa shape index (κ3) is 4.91. The van der Waals surface area contributed by atoms with Crippen LogP contribution in [0, 0.1) is 0 Å². The molecule has 288 valence electrons. The summed E-state index contributed by atoms with van der Waals surface area (Å²) in [7, 11) is 0. The van der Waals surface area contributed by atoms with Crippen LogP contribution in [-0.2, 0) is 5.41 Å². The molecule has 13 rings (SSSR count). The summed E-state index contributed by atoms with van der Waals surface area (Å²) in [5.74, 6) is 0. The van der Waals surface area contributed by atoms with Crippen LogP contribution in [0.1, 0.15) is 22.3 Å². The zero-order valence-electron chi connectivity index (χ0n) is 33.8. The van der Waals surface area contributed by atoms with E-state index in [1.54, 1.807) is 0 Å². The summed E-state index contributed by atoms with van der Waals surface area (Å²) in [4.78, 5) is 0. The second kappa shape index (κ2) is 13.5. The SMILES string of the molecule is c1ccc(C2(c3ccccc3)c3ccccc3-c3ccc(-c4c5ccccc5c(-c5cccc(-c6cccc7oc8ccc9ccccc9c8c67)c5)c5ccccc45)cc32)cc1. The van der Waals surface area contributed by atoms with Gasteiger partial charge in [0.25, 0.3) is 0 Å². The van der Waals surface area contributed by atoms with Crippen LogP contribution in [0.25, 0.3) is 98.8 Å². The lowest BCUT2D eigenvalue weighted by Gasteiger charge is -2.34. The van der Waals surface area contributed by atoms with Crippen LogP contribution in [0.4, 0.5) is 0 Å².